The Bertz CT molecular complexity index is 784. The molecule has 0 radical (unpaired) electrons. The molecule has 2 rings (SSSR count). The molecule has 1 aromatic rings. The van der Waals surface area contributed by atoms with E-state index in [1.165, 1.54) is 4.90 Å². The topological polar surface area (TPSA) is 99.2 Å². The maximum absolute atomic E-state index is 13.0. The van der Waals surface area contributed by atoms with Crippen molar-refractivity contribution in [3.63, 3.8) is 0 Å². The molecule has 0 aliphatic carbocycles. The van der Waals surface area contributed by atoms with Crippen molar-refractivity contribution >= 4 is 23.8 Å². The predicted molar refractivity (Wildman–Crippen MR) is 107 cm³/mol. The molecule has 30 heavy (non-hydrogen) atoms. The first-order chi connectivity index (χ1) is 14.1. The first-order valence-corrected chi connectivity index (χ1v) is 9.95. The lowest BCUT2D eigenvalue weighted by Gasteiger charge is -2.38. The first-order valence-electron chi connectivity index (χ1n) is 9.95. The lowest BCUT2D eigenvalue weighted by molar-refractivity contribution is -0.171. The molecule has 0 bridgehead atoms. The highest BCUT2D eigenvalue weighted by molar-refractivity contribution is 6.08. The van der Waals surface area contributed by atoms with Gasteiger partial charge in [0.25, 0.3) is 0 Å². The molecular formula is C22H29NO7. The average molecular weight is 419 g/mol. The Balaban J connectivity index is 2.16. The molecule has 1 aliphatic heterocycles. The Hall–Kier alpha value is -2.90. The second-order valence-corrected chi connectivity index (χ2v) is 8.20. The number of esters is 2. The van der Waals surface area contributed by atoms with Gasteiger partial charge in [-0.25, -0.2) is 4.79 Å². The summed E-state index contributed by atoms with van der Waals surface area (Å²) in [5.41, 5.74) is -1.64. The van der Waals surface area contributed by atoms with Crippen molar-refractivity contribution in [3.05, 3.63) is 35.9 Å². The SMILES string of the molecule is CCOC(=O)CC1(C(=O)OCc2ccccc2)CCN(C(=O)OC(C)(C)C)CC1=O. The number of amides is 1. The zero-order valence-corrected chi connectivity index (χ0v) is 17.9. The van der Waals surface area contributed by atoms with Gasteiger partial charge in [-0.05, 0) is 39.7 Å². The Morgan fingerprint density at radius 1 is 1.10 bits per heavy atom. The zero-order valence-electron chi connectivity index (χ0n) is 17.9. The number of hydrogen-bond acceptors (Lipinski definition) is 7. The van der Waals surface area contributed by atoms with E-state index in [0.29, 0.717) is 0 Å². The van der Waals surface area contributed by atoms with Gasteiger partial charge in [-0.15, -0.1) is 0 Å². The van der Waals surface area contributed by atoms with Crippen LogP contribution in [0.4, 0.5) is 4.79 Å². The van der Waals surface area contributed by atoms with Crippen LogP contribution in [0.3, 0.4) is 0 Å². The summed E-state index contributed by atoms with van der Waals surface area (Å²) in [6.45, 7) is 6.67. The van der Waals surface area contributed by atoms with E-state index >= 15 is 0 Å². The highest BCUT2D eigenvalue weighted by Crippen LogP contribution is 2.35. The van der Waals surface area contributed by atoms with Crippen LogP contribution in [0, 0.1) is 5.41 Å². The molecule has 1 unspecified atom stereocenters. The van der Waals surface area contributed by atoms with Crippen molar-refractivity contribution in [2.75, 3.05) is 19.7 Å². The van der Waals surface area contributed by atoms with Gasteiger partial charge < -0.3 is 19.1 Å². The molecule has 0 aromatic heterocycles. The summed E-state index contributed by atoms with van der Waals surface area (Å²) in [6.07, 6.45) is -1.11. The summed E-state index contributed by atoms with van der Waals surface area (Å²) in [4.78, 5) is 51.7. The molecule has 0 N–H and O–H groups in total. The van der Waals surface area contributed by atoms with E-state index in [1.807, 2.05) is 18.2 Å². The molecule has 8 nitrogen and oxygen atoms in total. The van der Waals surface area contributed by atoms with Crippen LogP contribution < -0.4 is 0 Å². The van der Waals surface area contributed by atoms with Crippen molar-refractivity contribution in [2.24, 2.45) is 5.41 Å². The molecule has 1 heterocycles. The lowest BCUT2D eigenvalue weighted by Crippen LogP contribution is -2.55. The van der Waals surface area contributed by atoms with Crippen LogP contribution in [-0.2, 0) is 35.2 Å². The first kappa shape index (κ1) is 23.4. The number of ether oxygens (including phenoxy) is 3. The fourth-order valence-corrected chi connectivity index (χ4v) is 3.15. The highest BCUT2D eigenvalue weighted by atomic mass is 16.6. The van der Waals surface area contributed by atoms with Gasteiger partial charge in [-0.1, -0.05) is 30.3 Å². The highest BCUT2D eigenvalue weighted by Gasteiger charge is 2.52. The quantitative estimate of drug-likeness (QED) is 0.397. The number of Topliss-reactive ketones (excluding diaryl/α,β-unsaturated/α-hetero) is 1. The number of nitrogens with zero attached hydrogens (tertiary/aromatic N) is 1. The molecule has 0 spiro atoms. The maximum atomic E-state index is 13.0. The van der Waals surface area contributed by atoms with Crippen LogP contribution in [0.15, 0.2) is 30.3 Å². The van der Waals surface area contributed by atoms with E-state index < -0.39 is 41.3 Å². The van der Waals surface area contributed by atoms with E-state index in [1.54, 1.807) is 39.8 Å². The lowest BCUT2D eigenvalue weighted by atomic mass is 9.74. The number of carbonyl (C=O) groups excluding carboxylic acids is 4. The standard InChI is InChI=1S/C22H29NO7/c1-5-28-18(25)13-22(19(26)29-15-16-9-7-6-8-10-16)11-12-23(14-17(22)24)20(27)30-21(2,3)4/h6-10H,5,11-15H2,1-4H3. The van der Waals surface area contributed by atoms with Crippen LogP contribution in [-0.4, -0.2) is 54.0 Å². The van der Waals surface area contributed by atoms with Crippen LogP contribution in [0.5, 0.6) is 0 Å². The summed E-state index contributed by atoms with van der Waals surface area (Å²) in [7, 11) is 0. The molecule has 1 aliphatic rings. The van der Waals surface area contributed by atoms with Gasteiger partial charge in [0.15, 0.2) is 5.78 Å². The van der Waals surface area contributed by atoms with Gasteiger partial charge in [0.05, 0.1) is 19.6 Å². The molecular weight excluding hydrogens is 390 g/mol. The molecule has 1 fully saturated rings. The minimum absolute atomic E-state index is 0.0205. The third kappa shape index (κ3) is 6.05. The van der Waals surface area contributed by atoms with Gasteiger partial charge in [0, 0.05) is 6.54 Å². The predicted octanol–water partition coefficient (Wildman–Crippen LogP) is 2.88. The van der Waals surface area contributed by atoms with Crippen molar-refractivity contribution in [1.29, 1.82) is 0 Å². The van der Waals surface area contributed by atoms with Crippen LogP contribution in [0.1, 0.15) is 46.1 Å². The van der Waals surface area contributed by atoms with Crippen molar-refractivity contribution in [1.82, 2.24) is 4.90 Å². The van der Waals surface area contributed by atoms with Gasteiger partial charge in [0.2, 0.25) is 0 Å². The van der Waals surface area contributed by atoms with Gasteiger partial charge in [0.1, 0.15) is 17.6 Å². The Labute approximate surface area is 176 Å². The van der Waals surface area contributed by atoms with E-state index in [-0.39, 0.29) is 32.7 Å². The normalized spacial score (nSPS) is 19.2. The summed E-state index contributed by atoms with van der Waals surface area (Å²) >= 11 is 0. The molecule has 1 saturated heterocycles. The number of rotatable bonds is 6. The number of ketones is 1. The van der Waals surface area contributed by atoms with E-state index in [2.05, 4.69) is 0 Å². The summed E-state index contributed by atoms with van der Waals surface area (Å²) < 4.78 is 15.7. The number of likely N-dealkylation sites (tertiary alicyclic amines) is 1. The van der Waals surface area contributed by atoms with Crippen molar-refractivity contribution < 1.29 is 33.4 Å². The molecule has 1 aromatic carbocycles. The molecule has 0 saturated carbocycles. The largest absolute Gasteiger partial charge is 0.466 e. The molecule has 1 atom stereocenters. The Morgan fingerprint density at radius 3 is 2.33 bits per heavy atom. The summed E-state index contributed by atoms with van der Waals surface area (Å²) in [5.74, 6) is -2.01. The zero-order chi connectivity index (χ0) is 22.4. The van der Waals surface area contributed by atoms with Crippen molar-refractivity contribution in [2.45, 2.75) is 52.7 Å². The average Bonchev–Trinajstić information content (AvgIpc) is 2.67. The molecule has 1 amide bonds. The smallest absolute Gasteiger partial charge is 0.410 e. The third-order valence-corrected chi connectivity index (χ3v) is 4.68. The van der Waals surface area contributed by atoms with Gasteiger partial charge in [-0.2, -0.15) is 0 Å². The van der Waals surface area contributed by atoms with E-state index in [0.717, 1.165) is 5.56 Å². The molecule has 164 valence electrons. The van der Waals surface area contributed by atoms with E-state index in [4.69, 9.17) is 14.2 Å². The monoisotopic (exact) mass is 419 g/mol. The second kappa shape index (κ2) is 9.73. The number of hydrogen-bond donors (Lipinski definition) is 0. The van der Waals surface area contributed by atoms with Crippen molar-refractivity contribution in [3.8, 4) is 0 Å². The van der Waals surface area contributed by atoms with Gasteiger partial charge in [-0.3, -0.25) is 14.4 Å². The molecule has 8 heteroatoms. The Morgan fingerprint density at radius 2 is 1.77 bits per heavy atom. The van der Waals surface area contributed by atoms with Crippen LogP contribution in [0.2, 0.25) is 0 Å². The summed E-state index contributed by atoms with van der Waals surface area (Å²) in [5, 5.41) is 0. The fourth-order valence-electron chi connectivity index (χ4n) is 3.15. The Kier molecular flexibility index (Phi) is 7.59. The summed E-state index contributed by atoms with van der Waals surface area (Å²) in [6, 6.07) is 9.03. The van der Waals surface area contributed by atoms with Crippen LogP contribution in [0.25, 0.3) is 0 Å². The fraction of sp³-hybridized carbons (Fsp3) is 0.545. The van der Waals surface area contributed by atoms with E-state index in [9.17, 15) is 19.2 Å². The minimum atomic E-state index is -1.68. The maximum Gasteiger partial charge on any atom is 0.410 e. The number of carbonyl (C=O) groups is 4. The second-order valence-electron chi connectivity index (χ2n) is 8.20. The van der Waals surface area contributed by atoms with Gasteiger partial charge >= 0.3 is 18.0 Å². The number of benzene rings is 1. The third-order valence-electron chi connectivity index (χ3n) is 4.68. The number of piperidine rings is 1. The van der Waals surface area contributed by atoms with Crippen LogP contribution >= 0.6 is 0 Å². The minimum Gasteiger partial charge on any atom is -0.466 e.